The van der Waals surface area contributed by atoms with E-state index < -0.39 is 23.8 Å². The Hall–Kier alpha value is -3.17. The zero-order valence-corrected chi connectivity index (χ0v) is 19.6. The predicted molar refractivity (Wildman–Crippen MR) is 128 cm³/mol. The first-order valence-corrected chi connectivity index (χ1v) is 11.4. The summed E-state index contributed by atoms with van der Waals surface area (Å²) in [4.78, 5) is 41.0. The summed E-state index contributed by atoms with van der Waals surface area (Å²) in [5.41, 5.74) is 0.962. The molecule has 0 saturated carbocycles. The van der Waals surface area contributed by atoms with Crippen molar-refractivity contribution in [2.24, 2.45) is 0 Å². The largest absolute Gasteiger partial charge is 0.380 e. The molecule has 34 heavy (non-hydrogen) atoms. The van der Waals surface area contributed by atoms with Crippen LogP contribution in [0.4, 0.5) is 26.2 Å². The molecule has 8 nitrogen and oxygen atoms in total. The highest BCUT2D eigenvalue weighted by molar-refractivity contribution is 6.30. The number of ether oxygens (including phenoxy) is 1. The molecule has 0 aliphatic carbocycles. The maximum absolute atomic E-state index is 14.8. The minimum atomic E-state index is -0.850. The van der Waals surface area contributed by atoms with E-state index in [0.29, 0.717) is 22.8 Å². The molecule has 4 rings (SSSR count). The number of nitrogens with one attached hydrogen (secondary N) is 2. The summed E-state index contributed by atoms with van der Waals surface area (Å²) in [6.45, 7) is 2.12. The van der Waals surface area contributed by atoms with Crippen LogP contribution in [0.1, 0.15) is 26.2 Å². The maximum Gasteiger partial charge on any atom is 0.322 e. The Balaban J connectivity index is 1.47. The van der Waals surface area contributed by atoms with Crippen molar-refractivity contribution in [1.82, 2.24) is 4.90 Å². The third-order valence-corrected chi connectivity index (χ3v) is 6.48. The monoisotopic (exact) mass is 488 g/mol. The minimum Gasteiger partial charge on any atom is -0.380 e. The summed E-state index contributed by atoms with van der Waals surface area (Å²) in [6.07, 6.45) is 1.09. The molecule has 0 spiro atoms. The number of methoxy groups -OCH3 is 1. The van der Waals surface area contributed by atoms with E-state index in [2.05, 4.69) is 10.6 Å². The zero-order chi connectivity index (χ0) is 24.4. The minimum absolute atomic E-state index is 0.00971. The summed E-state index contributed by atoms with van der Waals surface area (Å²) in [5, 5.41) is 5.86. The molecular formula is C24H26ClFN4O4. The van der Waals surface area contributed by atoms with E-state index in [1.165, 1.54) is 24.1 Å². The third kappa shape index (κ3) is 5.00. The summed E-state index contributed by atoms with van der Waals surface area (Å²) >= 11 is 5.89. The number of hydrogen-bond donors (Lipinski definition) is 2. The average Bonchev–Trinajstić information content (AvgIpc) is 3.40. The molecule has 4 amide bonds. The first-order valence-electron chi connectivity index (χ1n) is 11.0. The summed E-state index contributed by atoms with van der Waals surface area (Å²) < 4.78 is 20.2. The van der Waals surface area contributed by atoms with Gasteiger partial charge in [-0.3, -0.25) is 9.59 Å². The van der Waals surface area contributed by atoms with Crippen LogP contribution in [0, 0.1) is 5.82 Å². The number of benzene rings is 2. The molecule has 0 radical (unpaired) electrons. The van der Waals surface area contributed by atoms with Crippen LogP contribution in [0.3, 0.4) is 0 Å². The molecule has 2 aliphatic rings. The summed E-state index contributed by atoms with van der Waals surface area (Å²) in [6, 6.07) is 9.55. The van der Waals surface area contributed by atoms with Gasteiger partial charge in [-0.1, -0.05) is 11.6 Å². The smallest absolute Gasteiger partial charge is 0.322 e. The lowest BCUT2D eigenvalue weighted by Gasteiger charge is -2.25. The quantitative estimate of drug-likeness (QED) is 0.658. The van der Waals surface area contributed by atoms with Gasteiger partial charge in [-0.25, -0.2) is 9.18 Å². The molecule has 3 unspecified atom stereocenters. The predicted octanol–water partition coefficient (Wildman–Crippen LogP) is 4.25. The molecule has 180 valence electrons. The molecular weight excluding hydrogens is 463 g/mol. The number of carbonyl (C=O) groups excluding carboxylic acids is 3. The standard InChI is InChI=1S/C24H26ClFN4O4/c1-14-3-10-22(31)30(14)17-8-9-20(19(26)11-17)28-23(32)21-12-18(34-2)13-29(21)24(33)27-16-6-4-15(25)5-7-16/h4-9,11,14,18,21H,3,10,12-13H2,1-2H3,(H,27,33)(H,28,32). The number of rotatable bonds is 5. The number of anilines is 3. The maximum atomic E-state index is 14.8. The lowest BCUT2D eigenvalue weighted by molar-refractivity contribution is -0.119. The van der Waals surface area contributed by atoms with E-state index in [1.807, 2.05) is 6.92 Å². The number of amides is 4. The van der Waals surface area contributed by atoms with Gasteiger partial charge in [-0.15, -0.1) is 0 Å². The van der Waals surface area contributed by atoms with Crippen LogP contribution in [0.5, 0.6) is 0 Å². The fourth-order valence-corrected chi connectivity index (χ4v) is 4.49. The van der Waals surface area contributed by atoms with Crippen LogP contribution >= 0.6 is 11.6 Å². The Labute approximate surface area is 202 Å². The van der Waals surface area contributed by atoms with Crippen LogP contribution in [0.25, 0.3) is 0 Å². The third-order valence-electron chi connectivity index (χ3n) is 6.23. The molecule has 0 aromatic heterocycles. The average molecular weight is 489 g/mol. The van der Waals surface area contributed by atoms with E-state index in [0.717, 1.165) is 6.42 Å². The number of likely N-dealkylation sites (tertiary alicyclic amines) is 1. The molecule has 2 fully saturated rings. The van der Waals surface area contributed by atoms with E-state index in [4.69, 9.17) is 16.3 Å². The van der Waals surface area contributed by atoms with Crippen molar-refractivity contribution in [1.29, 1.82) is 0 Å². The molecule has 3 atom stereocenters. The first-order chi connectivity index (χ1) is 16.3. The normalized spacial score (nSPS) is 22.2. The Morgan fingerprint density at radius 2 is 1.88 bits per heavy atom. The van der Waals surface area contributed by atoms with Gasteiger partial charge in [0.25, 0.3) is 0 Å². The molecule has 2 aromatic carbocycles. The molecule has 2 N–H and O–H groups in total. The summed E-state index contributed by atoms with van der Waals surface area (Å²) in [7, 11) is 1.51. The van der Waals surface area contributed by atoms with Gasteiger partial charge >= 0.3 is 6.03 Å². The van der Waals surface area contributed by atoms with E-state index in [-0.39, 0.29) is 36.7 Å². The fraction of sp³-hybridized carbons (Fsp3) is 0.375. The van der Waals surface area contributed by atoms with E-state index >= 15 is 0 Å². The zero-order valence-electron chi connectivity index (χ0n) is 18.9. The van der Waals surface area contributed by atoms with Crippen LogP contribution in [-0.2, 0) is 14.3 Å². The molecule has 2 saturated heterocycles. The van der Waals surface area contributed by atoms with Crippen molar-refractivity contribution in [3.05, 3.63) is 53.3 Å². The lowest BCUT2D eigenvalue weighted by atomic mass is 10.1. The van der Waals surface area contributed by atoms with Crippen molar-refractivity contribution in [2.75, 3.05) is 29.2 Å². The first kappa shape index (κ1) is 24.0. The molecule has 2 aliphatic heterocycles. The topological polar surface area (TPSA) is 91.0 Å². The molecule has 0 bridgehead atoms. The van der Waals surface area contributed by atoms with E-state index in [9.17, 15) is 18.8 Å². The Morgan fingerprint density at radius 3 is 2.50 bits per heavy atom. The van der Waals surface area contributed by atoms with Gasteiger partial charge in [0, 0.05) is 48.9 Å². The second-order valence-corrected chi connectivity index (χ2v) is 8.94. The van der Waals surface area contributed by atoms with Crippen molar-refractivity contribution in [2.45, 2.75) is 44.4 Å². The van der Waals surface area contributed by atoms with Crippen LogP contribution in [-0.4, -0.2) is 54.6 Å². The molecule has 10 heteroatoms. The Bertz CT molecular complexity index is 1100. The van der Waals surface area contributed by atoms with Crippen molar-refractivity contribution >= 4 is 46.5 Å². The fourth-order valence-electron chi connectivity index (χ4n) is 4.37. The van der Waals surface area contributed by atoms with Crippen LogP contribution in [0.2, 0.25) is 5.02 Å². The highest BCUT2D eigenvalue weighted by Crippen LogP contribution is 2.30. The van der Waals surface area contributed by atoms with Gasteiger partial charge in [0.1, 0.15) is 11.9 Å². The SMILES string of the molecule is COC1CC(C(=O)Nc2ccc(N3C(=O)CCC3C)cc2F)N(C(=O)Nc2ccc(Cl)cc2)C1. The van der Waals surface area contributed by atoms with Gasteiger partial charge < -0.3 is 25.2 Å². The van der Waals surface area contributed by atoms with Crippen LogP contribution < -0.4 is 15.5 Å². The highest BCUT2D eigenvalue weighted by atomic mass is 35.5. The van der Waals surface area contributed by atoms with Gasteiger partial charge in [-0.05, 0) is 55.8 Å². The van der Waals surface area contributed by atoms with Crippen molar-refractivity contribution in [3.63, 3.8) is 0 Å². The highest BCUT2D eigenvalue weighted by Gasteiger charge is 2.40. The molecule has 2 aromatic rings. The Kier molecular flexibility index (Phi) is 7.04. The number of carbonyl (C=O) groups is 3. The number of urea groups is 1. The van der Waals surface area contributed by atoms with Crippen LogP contribution in [0.15, 0.2) is 42.5 Å². The molecule has 2 heterocycles. The van der Waals surface area contributed by atoms with Gasteiger partial charge in [0.2, 0.25) is 11.8 Å². The van der Waals surface area contributed by atoms with Gasteiger partial charge in [-0.2, -0.15) is 0 Å². The number of halogens is 2. The lowest BCUT2D eigenvalue weighted by Crippen LogP contribution is -2.45. The summed E-state index contributed by atoms with van der Waals surface area (Å²) in [5.74, 6) is -1.23. The second-order valence-electron chi connectivity index (χ2n) is 8.50. The van der Waals surface area contributed by atoms with E-state index in [1.54, 1.807) is 35.2 Å². The second kappa shape index (κ2) is 9.99. The van der Waals surface area contributed by atoms with Crippen molar-refractivity contribution < 1.29 is 23.5 Å². The van der Waals surface area contributed by atoms with Gasteiger partial charge in [0.15, 0.2) is 0 Å². The Morgan fingerprint density at radius 1 is 1.15 bits per heavy atom. The number of hydrogen-bond acceptors (Lipinski definition) is 4. The number of nitrogens with zero attached hydrogens (tertiary/aromatic N) is 2. The van der Waals surface area contributed by atoms with Crippen molar-refractivity contribution in [3.8, 4) is 0 Å². The van der Waals surface area contributed by atoms with Gasteiger partial charge in [0.05, 0.1) is 11.8 Å².